The average Bonchev–Trinajstić information content (AvgIpc) is 2.39. The van der Waals surface area contributed by atoms with Crippen LogP contribution in [-0.2, 0) is 0 Å². The molecular weight excluding hydrogens is 244 g/mol. The average molecular weight is 259 g/mol. The standard InChI is InChI=1S/C16H15F2N/c1-2-3-11-4-6-12(7-5-11)13-8-15(17)14(10-19)16(18)9-13/h4-6,8-9,12H,2-3,7H2,1H3. The summed E-state index contributed by atoms with van der Waals surface area (Å²) in [5.74, 6) is -1.58. The predicted molar refractivity (Wildman–Crippen MR) is 70.6 cm³/mol. The first-order chi connectivity index (χ1) is 9.15. The topological polar surface area (TPSA) is 23.8 Å². The molecule has 1 atom stereocenters. The molecule has 1 aliphatic carbocycles. The van der Waals surface area contributed by atoms with E-state index in [0.717, 1.165) is 19.3 Å². The first kappa shape index (κ1) is 13.5. The fourth-order valence-corrected chi connectivity index (χ4v) is 2.30. The van der Waals surface area contributed by atoms with Gasteiger partial charge in [-0.1, -0.05) is 37.1 Å². The van der Waals surface area contributed by atoms with E-state index in [4.69, 9.17) is 5.26 Å². The van der Waals surface area contributed by atoms with Crippen molar-refractivity contribution in [2.24, 2.45) is 0 Å². The highest BCUT2D eigenvalue weighted by Gasteiger charge is 2.16. The van der Waals surface area contributed by atoms with Gasteiger partial charge >= 0.3 is 0 Å². The molecule has 1 aliphatic rings. The van der Waals surface area contributed by atoms with Crippen LogP contribution in [0.1, 0.15) is 43.2 Å². The van der Waals surface area contributed by atoms with E-state index in [2.05, 4.69) is 13.0 Å². The number of nitriles is 1. The van der Waals surface area contributed by atoms with E-state index in [0.29, 0.717) is 5.56 Å². The van der Waals surface area contributed by atoms with Gasteiger partial charge in [0.1, 0.15) is 23.3 Å². The molecule has 0 spiro atoms. The van der Waals surface area contributed by atoms with Crippen LogP contribution in [0.25, 0.3) is 0 Å². The van der Waals surface area contributed by atoms with E-state index in [1.54, 1.807) is 0 Å². The first-order valence-corrected chi connectivity index (χ1v) is 6.42. The van der Waals surface area contributed by atoms with Gasteiger partial charge in [-0.2, -0.15) is 5.26 Å². The molecular formula is C16H15F2N. The summed E-state index contributed by atoms with van der Waals surface area (Å²) in [5, 5.41) is 8.64. The molecule has 0 heterocycles. The van der Waals surface area contributed by atoms with Crippen LogP contribution in [0.15, 0.2) is 35.9 Å². The maximum absolute atomic E-state index is 13.6. The Kier molecular flexibility index (Phi) is 4.11. The van der Waals surface area contributed by atoms with Gasteiger partial charge in [-0.05, 0) is 30.5 Å². The lowest BCUT2D eigenvalue weighted by molar-refractivity contribution is 0.571. The second-order valence-electron chi connectivity index (χ2n) is 4.70. The molecule has 98 valence electrons. The van der Waals surface area contributed by atoms with Crippen LogP contribution >= 0.6 is 0 Å². The minimum absolute atomic E-state index is 0.0163. The van der Waals surface area contributed by atoms with Crippen molar-refractivity contribution in [2.45, 2.75) is 32.1 Å². The van der Waals surface area contributed by atoms with Gasteiger partial charge in [-0.25, -0.2) is 8.78 Å². The molecule has 1 nitrogen and oxygen atoms in total. The molecule has 0 saturated carbocycles. The molecule has 0 aliphatic heterocycles. The van der Waals surface area contributed by atoms with Crippen molar-refractivity contribution in [3.63, 3.8) is 0 Å². The molecule has 0 N–H and O–H groups in total. The van der Waals surface area contributed by atoms with Crippen LogP contribution in [0.3, 0.4) is 0 Å². The largest absolute Gasteiger partial charge is 0.205 e. The van der Waals surface area contributed by atoms with Gasteiger partial charge in [0.2, 0.25) is 0 Å². The Balaban J connectivity index is 2.22. The van der Waals surface area contributed by atoms with Crippen molar-refractivity contribution >= 4 is 0 Å². The van der Waals surface area contributed by atoms with E-state index in [1.807, 2.05) is 12.2 Å². The van der Waals surface area contributed by atoms with Crippen molar-refractivity contribution in [1.29, 1.82) is 5.26 Å². The van der Waals surface area contributed by atoms with Gasteiger partial charge in [0.15, 0.2) is 0 Å². The van der Waals surface area contributed by atoms with E-state index < -0.39 is 17.2 Å². The zero-order valence-electron chi connectivity index (χ0n) is 10.8. The Bertz CT molecular complexity index is 556. The van der Waals surface area contributed by atoms with E-state index in [9.17, 15) is 8.78 Å². The van der Waals surface area contributed by atoms with E-state index in [-0.39, 0.29) is 5.92 Å². The third-order valence-electron chi connectivity index (χ3n) is 3.32. The zero-order chi connectivity index (χ0) is 13.8. The summed E-state index contributed by atoms with van der Waals surface area (Å²) < 4.78 is 27.1. The lowest BCUT2D eigenvalue weighted by Gasteiger charge is -2.17. The number of halogens is 2. The van der Waals surface area contributed by atoms with Crippen molar-refractivity contribution < 1.29 is 8.78 Å². The third-order valence-corrected chi connectivity index (χ3v) is 3.32. The highest BCUT2D eigenvalue weighted by molar-refractivity contribution is 5.39. The molecule has 1 unspecified atom stereocenters. The summed E-state index contributed by atoms with van der Waals surface area (Å²) in [6, 6.07) is 4.06. The van der Waals surface area contributed by atoms with E-state index >= 15 is 0 Å². The van der Waals surface area contributed by atoms with Crippen LogP contribution in [0, 0.1) is 23.0 Å². The Morgan fingerprint density at radius 3 is 2.47 bits per heavy atom. The Labute approximate surface area is 111 Å². The lowest BCUT2D eigenvalue weighted by Crippen LogP contribution is -2.02. The monoisotopic (exact) mass is 259 g/mol. The number of allylic oxidation sites excluding steroid dienone is 4. The summed E-state index contributed by atoms with van der Waals surface area (Å²) in [6.45, 7) is 2.12. The Morgan fingerprint density at radius 2 is 2.00 bits per heavy atom. The van der Waals surface area contributed by atoms with Crippen LogP contribution in [0.2, 0.25) is 0 Å². The molecule has 0 aromatic heterocycles. The van der Waals surface area contributed by atoms with Crippen LogP contribution in [0.4, 0.5) is 8.78 Å². The number of hydrogen-bond acceptors (Lipinski definition) is 1. The molecule has 0 fully saturated rings. The maximum Gasteiger partial charge on any atom is 0.144 e. The second kappa shape index (κ2) is 5.79. The van der Waals surface area contributed by atoms with Gasteiger partial charge in [-0.15, -0.1) is 0 Å². The van der Waals surface area contributed by atoms with Crippen molar-refractivity contribution in [3.8, 4) is 6.07 Å². The highest BCUT2D eigenvalue weighted by Crippen LogP contribution is 2.30. The van der Waals surface area contributed by atoms with Gasteiger partial charge < -0.3 is 0 Å². The summed E-state index contributed by atoms with van der Waals surface area (Å²) >= 11 is 0. The molecule has 2 rings (SSSR count). The number of rotatable bonds is 3. The van der Waals surface area contributed by atoms with Crippen molar-refractivity contribution in [1.82, 2.24) is 0 Å². The molecule has 0 amide bonds. The number of hydrogen-bond donors (Lipinski definition) is 0. The van der Waals surface area contributed by atoms with Gasteiger partial charge in [0.05, 0.1) is 0 Å². The molecule has 0 bridgehead atoms. The predicted octanol–water partition coefficient (Wildman–Crippen LogP) is 4.61. The zero-order valence-corrected chi connectivity index (χ0v) is 10.8. The molecule has 0 saturated heterocycles. The highest BCUT2D eigenvalue weighted by atomic mass is 19.1. The quantitative estimate of drug-likeness (QED) is 0.777. The molecule has 0 radical (unpaired) electrons. The van der Waals surface area contributed by atoms with Gasteiger partial charge in [0, 0.05) is 5.92 Å². The molecule has 1 aromatic carbocycles. The van der Waals surface area contributed by atoms with Gasteiger partial charge in [-0.3, -0.25) is 0 Å². The van der Waals surface area contributed by atoms with Gasteiger partial charge in [0.25, 0.3) is 0 Å². The SMILES string of the molecule is CCCC1=CCC(c2cc(F)c(C#N)c(F)c2)C=C1. The third kappa shape index (κ3) is 2.90. The lowest BCUT2D eigenvalue weighted by atomic mass is 9.88. The fourth-order valence-electron chi connectivity index (χ4n) is 2.30. The van der Waals surface area contributed by atoms with Crippen LogP contribution < -0.4 is 0 Å². The smallest absolute Gasteiger partial charge is 0.144 e. The maximum atomic E-state index is 13.6. The number of benzene rings is 1. The van der Waals surface area contributed by atoms with Crippen LogP contribution in [-0.4, -0.2) is 0 Å². The second-order valence-corrected chi connectivity index (χ2v) is 4.70. The summed E-state index contributed by atoms with van der Waals surface area (Å²) in [7, 11) is 0. The molecule has 19 heavy (non-hydrogen) atoms. The minimum atomic E-state index is -0.783. The fraction of sp³-hybridized carbons (Fsp3) is 0.312. The summed E-state index contributed by atoms with van der Waals surface area (Å²) in [6.07, 6.45) is 8.97. The van der Waals surface area contributed by atoms with Crippen molar-refractivity contribution in [3.05, 3.63) is 58.7 Å². The molecule has 3 heteroatoms. The summed E-state index contributed by atoms with van der Waals surface area (Å²) in [5.41, 5.74) is 1.34. The first-order valence-electron chi connectivity index (χ1n) is 6.42. The van der Waals surface area contributed by atoms with Crippen LogP contribution in [0.5, 0.6) is 0 Å². The molecule has 1 aromatic rings. The summed E-state index contributed by atoms with van der Waals surface area (Å²) in [4.78, 5) is 0. The Morgan fingerprint density at radius 1 is 1.32 bits per heavy atom. The Hall–Kier alpha value is -1.95. The minimum Gasteiger partial charge on any atom is -0.205 e. The van der Waals surface area contributed by atoms with Crippen molar-refractivity contribution in [2.75, 3.05) is 0 Å². The van der Waals surface area contributed by atoms with E-state index in [1.165, 1.54) is 23.8 Å². The normalized spacial score (nSPS) is 18.0. The number of nitrogens with zero attached hydrogens (tertiary/aromatic N) is 1.